The van der Waals surface area contributed by atoms with E-state index in [-0.39, 0.29) is 11.2 Å². The Balaban J connectivity index is 1.87. The normalized spacial score (nSPS) is 17.2. The largest absolute Gasteiger partial charge is 0.356 e. The van der Waals surface area contributed by atoms with Crippen LogP contribution in [0.4, 0.5) is 0 Å². The molecule has 1 fully saturated rings. The van der Waals surface area contributed by atoms with Crippen LogP contribution in [0.15, 0.2) is 33.7 Å². The van der Waals surface area contributed by atoms with Gasteiger partial charge < -0.3 is 10.6 Å². The summed E-state index contributed by atoms with van der Waals surface area (Å²) in [5, 5.41) is 6.46. The zero-order chi connectivity index (χ0) is 18.7. The zero-order valence-electron chi connectivity index (χ0n) is 15.4. The van der Waals surface area contributed by atoms with Crippen molar-refractivity contribution < 1.29 is 8.42 Å². The highest BCUT2D eigenvalue weighted by Crippen LogP contribution is 2.48. The molecule has 0 atom stereocenters. The fourth-order valence-electron chi connectivity index (χ4n) is 2.62. The number of benzene rings is 1. The standard InChI is InChI=1S/C18H28BrN3O2S/c1-17(2,3)25(23,24)11-10-21-16(20-4)22-13-18(8-9-18)14-6-5-7-15(19)12-14/h5-7,12H,8-11,13H2,1-4H3,(H2,20,21,22). The molecular weight excluding hydrogens is 402 g/mol. The Morgan fingerprint density at radius 2 is 1.96 bits per heavy atom. The molecule has 140 valence electrons. The third-order valence-electron chi connectivity index (χ3n) is 4.70. The molecule has 5 nitrogen and oxygen atoms in total. The first kappa shape index (κ1) is 20.2. The molecule has 1 aromatic rings. The van der Waals surface area contributed by atoms with Gasteiger partial charge in [0.05, 0.1) is 10.5 Å². The van der Waals surface area contributed by atoms with Crippen molar-refractivity contribution in [1.29, 1.82) is 0 Å². The highest BCUT2D eigenvalue weighted by molar-refractivity contribution is 9.10. The molecule has 0 bridgehead atoms. The van der Waals surface area contributed by atoms with Crippen LogP contribution in [0.25, 0.3) is 0 Å². The predicted molar refractivity (Wildman–Crippen MR) is 108 cm³/mol. The van der Waals surface area contributed by atoms with Gasteiger partial charge in [-0.05, 0) is 51.3 Å². The fourth-order valence-corrected chi connectivity index (χ4v) is 4.00. The van der Waals surface area contributed by atoms with Gasteiger partial charge in [0.1, 0.15) is 0 Å². The van der Waals surface area contributed by atoms with Gasteiger partial charge in [-0.25, -0.2) is 8.42 Å². The maximum Gasteiger partial charge on any atom is 0.191 e. The minimum atomic E-state index is -3.13. The molecule has 1 aliphatic carbocycles. The summed E-state index contributed by atoms with van der Waals surface area (Å²) in [7, 11) is -1.43. The zero-order valence-corrected chi connectivity index (χ0v) is 17.8. The summed E-state index contributed by atoms with van der Waals surface area (Å²) in [6.07, 6.45) is 2.29. The van der Waals surface area contributed by atoms with Crippen LogP contribution in [-0.2, 0) is 15.3 Å². The van der Waals surface area contributed by atoms with Gasteiger partial charge in [0.2, 0.25) is 0 Å². The summed E-state index contributed by atoms with van der Waals surface area (Å²) in [5.41, 5.74) is 1.47. The number of nitrogens with one attached hydrogen (secondary N) is 2. The molecule has 1 aromatic carbocycles. The van der Waals surface area contributed by atoms with Crippen molar-refractivity contribution in [2.45, 2.75) is 43.8 Å². The first-order valence-corrected chi connectivity index (χ1v) is 11.0. The lowest BCUT2D eigenvalue weighted by Crippen LogP contribution is -2.44. The van der Waals surface area contributed by atoms with Crippen molar-refractivity contribution in [3.8, 4) is 0 Å². The van der Waals surface area contributed by atoms with E-state index in [9.17, 15) is 8.42 Å². The van der Waals surface area contributed by atoms with Gasteiger partial charge in [-0.3, -0.25) is 4.99 Å². The summed E-state index contributed by atoms with van der Waals surface area (Å²) in [4.78, 5) is 4.20. The van der Waals surface area contributed by atoms with Gasteiger partial charge in [-0.15, -0.1) is 0 Å². The molecule has 0 saturated heterocycles. The van der Waals surface area contributed by atoms with Crippen LogP contribution in [0.2, 0.25) is 0 Å². The van der Waals surface area contributed by atoms with E-state index in [1.165, 1.54) is 5.56 Å². The van der Waals surface area contributed by atoms with Gasteiger partial charge in [-0.1, -0.05) is 28.1 Å². The van der Waals surface area contributed by atoms with Crippen LogP contribution in [0, 0.1) is 0 Å². The molecule has 0 aliphatic heterocycles. The lowest BCUT2D eigenvalue weighted by atomic mass is 9.96. The summed E-state index contributed by atoms with van der Waals surface area (Å²) in [6, 6.07) is 8.42. The second-order valence-electron chi connectivity index (χ2n) is 7.57. The Morgan fingerprint density at radius 1 is 1.28 bits per heavy atom. The molecule has 25 heavy (non-hydrogen) atoms. The summed E-state index contributed by atoms with van der Waals surface area (Å²) < 4.78 is 24.7. The number of rotatable bonds is 6. The quantitative estimate of drug-likeness (QED) is 0.538. The molecule has 0 amide bonds. The van der Waals surface area contributed by atoms with E-state index < -0.39 is 14.6 Å². The maximum atomic E-state index is 12.2. The number of nitrogens with zero attached hydrogens (tertiary/aromatic N) is 1. The summed E-state index contributed by atoms with van der Waals surface area (Å²) in [6.45, 7) is 6.32. The van der Waals surface area contributed by atoms with Crippen LogP contribution >= 0.6 is 15.9 Å². The highest BCUT2D eigenvalue weighted by atomic mass is 79.9. The van der Waals surface area contributed by atoms with E-state index in [2.05, 4.69) is 49.8 Å². The Hall–Kier alpha value is -1.08. The Morgan fingerprint density at radius 3 is 2.48 bits per heavy atom. The van der Waals surface area contributed by atoms with Crippen molar-refractivity contribution in [2.24, 2.45) is 4.99 Å². The molecule has 0 radical (unpaired) electrons. The van der Waals surface area contributed by atoms with E-state index in [0.29, 0.717) is 12.5 Å². The lowest BCUT2D eigenvalue weighted by molar-refractivity contribution is 0.558. The molecule has 1 aliphatic rings. The van der Waals surface area contributed by atoms with Gasteiger partial charge in [0.25, 0.3) is 0 Å². The van der Waals surface area contributed by atoms with Crippen molar-refractivity contribution >= 4 is 31.7 Å². The van der Waals surface area contributed by atoms with Crippen LogP contribution in [0.1, 0.15) is 39.2 Å². The molecule has 0 aromatic heterocycles. The van der Waals surface area contributed by atoms with Gasteiger partial charge in [0, 0.05) is 30.0 Å². The van der Waals surface area contributed by atoms with Gasteiger partial charge in [0.15, 0.2) is 15.8 Å². The van der Waals surface area contributed by atoms with Gasteiger partial charge in [-0.2, -0.15) is 0 Å². The Labute approximate surface area is 159 Å². The summed E-state index contributed by atoms with van der Waals surface area (Å²) in [5.74, 6) is 0.735. The monoisotopic (exact) mass is 429 g/mol. The Kier molecular flexibility index (Phi) is 6.20. The van der Waals surface area contributed by atoms with Crippen LogP contribution < -0.4 is 10.6 Å². The first-order chi connectivity index (χ1) is 11.6. The Bertz CT molecular complexity index is 735. The van der Waals surface area contributed by atoms with Crippen molar-refractivity contribution in [1.82, 2.24) is 10.6 Å². The average Bonchev–Trinajstić information content (AvgIpc) is 3.30. The van der Waals surface area contributed by atoms with Crippen LogP contribution in [0.5, 0.6) is 0 Å². The molecule has 1 saturated carbocycles. The van der Waals surface area contributed by atoms with E-state index in [0.717, 1.165) is 23.9 Å². The number of hydrogen-bond acceptors (Lipinski definition) is 3. The highest BCUT2D eigenvalue weighted by Gasteiger charge is 2.44. The minimum absolute atomic E-state index is 0.0912. The third-order valence-corrected chi connectivity index (χ3v) is 7.81. The molecule has 0 unspecified atom stereocenters. The number of hydrogen-bond donors (Lipinski definition) is 2. The smallest absolute Gasteiger partial charge is 0.191 e. The fraction of sp³-hybridized carbons (Fsp3) is 0.611. The van der Waals surface area contributed by atoms with Crippen molar-refractivity contribution in [2.75, 3.05) is 25.9 Å². The average molecular weight is 430 g/mol. The topological polar surface area (TPSA) is 70.6 Å². The minimum Gasteiger partial charge on any atom is -0.356 e. The molecular formula is C18H28BrN3O2S. The van der Waals surface area contributed by atoms with Crippen LogP contribution in [-0.4, -0.2) is 45.0 Å². The SMILES string of the molecule is CN=C(NCCS(=O)(=O)C(C)(C)C)NCC1(c2cccc(Br)c2)CC1. The van der Waals surface area contributed by atoms with Crippen molar-refractivity contribution in [3.63, 3.8) is 0 Å². The van der Waals surface area contributed by atoms with E-state index in [4.69, 9.17) is 0 Å². The van der Waals surface area contributed by atoms with E-state index in [1.807, 2.05) is 6.07 Å². The number of halogens is 1. The molecule has 0 spiro atoms. The maximum absolute atomic E-state index is 12.2. The van der Waals surface area contributed by atoms with E-state index >= 15 is 0 Å². The summed E-state index contributed by atoms with van der Waals surface area (Å²) >= 11 is 3.53. The molecule has 0 heterocycles. The lowest BCUT2D eigenvalue weighted by Gasteiger charge is -2.21. The number of aliphatic imine (C=N–C) groups is 1. The molecule has 2 N–H and O–H groups in total. The first-order valence-electron chi connectivity index (χ1n) is 8.53. The molecule has 2 rings (SSSR count). The van der Waals surface area contributed by atoms with Crippen LogP contribution in [0.3, 0.4) is 0 Å². The number of guanidine groups is 1. The molecule has 7 heteroatoms. The third kappa shape index (κ3) is 5.20. The van der Waals surface area contributed by atoms with Gasteiger partial charge >= 0.3 is 0 Å². The number of sulfone groups is 1. The second-order valence-corrected chi connectivity index (χ2v) is 11.4. The van der Waals surface area contributed by atoms with E-state index in [1.54, 1.807) is 27.8 Å². The second kappa shape index (κ2) is 7.66. The van der Waals surface area contributed by atoms with Crippen molar-refractivity contribution in [3.05, 3.63) is 34.3 Å². The predicted octanol–water partition coefficient (Wildman–Crippen LogP) is 2.86.